The number of aliphatic hydroxyl groups is 1. The van der Waals surface area contributed by atoms with Crippen molar-refractivity contribution in [3.05, 3.63) is 34.9 Å². The van der Waals surface area contributed by atoms with E-state index in [-0.39, 0.29) is 6.61 Å². The predicted molar refractivity (Wildman–Crippen MR) is 63.5 cm³/mol. The van der Waals surface area contributed by atoms with Crippen LogP contribution in [0.1, 0.15) is 20.7 Å². The normalized spacial score (nSPS) is 12.0. The number of aliphatic hydroxyl groups excluding tert-OH is 1. The topological polar surface area (TPSA) is 95.9 Å². The monoisotopic (exact) mass is 289 g/mol. The van der Waals surface area contributed by atoms with E-state index >= 15 is 0 Å². The number of hydrogen-bond donors (Lipinski definition) is 3. The molecule has 6 nitrogen and oxygen atoms in total. The van der Waals surface area contributed by atoms with E-state index < -0.39 is 47.3 Å². The summed E-state index contributed by atoms with van der Waals surface area (Å²) in [6.45, 7) is -0.472. The van der Waals surface area contributed by atoms with Gasteiger partial charge in [0.15, 0.2) is 11.6 Å². The van der Waals surface area contributed by atoms with Gasteiger partial charge in [0.1, 0.15) is 0 Å². The zero-order chi connectivity index (χ0) is 15.3. The van der Waals surface area contributed by atoms with Gasteiger partial charge in [-0.2, -0.15) is 0 Å². The van der Waals surface area contributed by atoms with Crippen LogP contribution in [0.15, 0.2) is 12.1 Å². The Hall–Kier alpha value is -2.06. The molecular weight excluding hydrogens is 276 g/mol. The highest BCUT2D eigenvalue weighted by Crippen LogP contribution is 2.15. The average Bonchev–Trinajstić information content (AvgIpc) is 2.40. The summed E-state index contributed by atoms with van der Waals surface area (Å²) in [6.07, 6.45) is 0. The Labute approximate surface area is 113 Å². The number of carbonyl (C=O) groups is 2. The average molecular weight is 289 g/mol. The fraction of sp³-hybridized carbons (Fsp3) is 0.333. The lowest BCUT2D eigenvalue weighted by Crippen LogP contribution is -2.41. The summed E-state index contributed by atoms with van der Waals surface area (Å²) in [7, 11) is 1.34. The second-order valence-electron chi connectivity index (χ2n) is 3.93. The molecule has 20 heavy (non-hydrogen) atoms. The molecule has 1 atom stereocenters. The van der Waals surface area contributed by atoms with Crippen molar-refractivity contribution in [2.75, 3.05) is 20.3 Å². The number of nitrogens with one attached hydrogen (secondary N) is 1. The summed E-state index contributed by atoms with van der Waals surface area (Å²) >= 11 is 0. The summed E-state index contributed by atoms with van der Waals surface area (Å²) in [5.74, 6) is -5.22. The molecule has 0 aromatic heterocycles. The minimum absolute atomic E-state index is 0.0195. The van der Waals surface area contributed by atoms with Crippen LogP contribution in [0.2, 0.25) is 0 Å². The molecule has 8 heteroatoms. The second-order valence-corrected chi connectivity index (χ2v) is 3.93. The first-order valence-corrected chi connectivity index (χ1v) is 5.53. The molecule has 1 aromatic carbocycles. The minimum Gasteiger partial charge on any atom is -0.478 e. The molecule has 1 aromatic rings. The fourth-order valence-corrected chi connectivity index (χ4v) is 1.52. The zero-order valence-electron chi connectivity index (χ0n) is 10.5. The number of halogens is 2. The maximum Gasteiger partial charge on any atom is 0.336 e. The van der Waals surface area contributed by atoms with Crippen LogP contribution in [0.5, 0.6) is 0 Å². The van der Waals surface area contributed by atoms with Gasteiger partial charge in [0.25, 0.3) is 5.91 Å². The number of aromatic carboxylic acids is 1. The predicted octanol–water partition coefficient (Wildman–Crippen LogP) is 0.400. The third-order valence-electron chi connectivity index (χ3n) is 2.46. The van der Waals surface area contributed by atoms with Gasteiger partial charge in [0, 0.05) is 7.11 Å². The third kappa shape index (κ3) is 3.72. The molecule has 0 saturated heterocycles. The van der Waals surface area contributed by atoms with Crippen LogP contribution in [-0.4, -0.2) is 48.5 Å². The van der Waals surface area contributed by atoms with Crippen molar-refractivity contribution in [3.63, 3.8) is 0 Å². The molecule has 0 heterocycles. The first kappa shape index (κ1) is 16.0. The van der Waals surface area contributed by atoms with Crippen LogP contribution in [-0.2, 0) is 4.74 Å². The molecule has 0 radical (unpaired) electrons. The molecule has 0 saturated carbocycles. The molecule has 0 spiro atoms. The number of methoxy groups -OCH3 is 1. The van der Waals surface area contributed by atoms with Gasteiger partial charge in [-0.3, -0.25) is 4.79 Å². The number of ether oxygens (including phenoxy) is 1. The van der Waals surface area contributed by atoms with E-state index in [2.05, 4.69) is 5.32 Å². The summed E-state index contributed by atoms with van der Waals surface area (Å²) in [4.78, 5) is 22.8. The molecule has 1 unspecified atom stereocenters. The van der Waals surface area contributed by atoms with Crippen LogP contribution in [0, 0.1) is 11.6 Å². The fourth-order valence-electron chi connectivity index (χ4n) is 1.52. The van der Waals surface area contributed by atoms with Gasteiger partial charge in [-0.15, -0.1) is 0 Å². The molecule has 0 aliphatic heterocycles. The van der Waals surface area contributed by atoms with Gasteiger partial charge in [-0.05, 0) is 12.1 Å². The second kappa shape index (κ2) is 6.92. The van der Waals surface area contributed by atoms with E-state index in [4.69, 9.17) is 14.9 Å². The van der Waals surface area contributed by atoms with Crippen LogP contribution in [0.25, 0.3) is 0 Å². The lowest BCUT2D eigenvalue weighted by molar-refractivity contribution is 0.0687. The first-order valence-electron chi connectivity index (χ1n) is 5.53. The van der Waals surface area contributed by atoms with E-state index in [1.54, 1.807) is 0 Å². The van der Waals surface area contributed by atoms with Crippen LogP contribution < -0.4 is 5.32 Å². The highest BCUT2D eigenvalue weighted by Gasteiger charge is 2.22. The standard InChI is InChI=1S/C12H13F2NO5/c1-20-5-6(4-16)15-11(17)7-2-9(13)10(14)3-8(7)12(18)19/h2-3,6,16H,4-5H2,1H3,(H,15,17)(H,18,19). The summed E-state index contributed by atoms with van der Waals surface area (Å²) in [6, 6.07) is 0.133. The van der Waals surface area contributed by atoms with E-state index in [1.165, 1.54) is 7.11 Å². The number of hydrogen-bond acceptors (Lipinski definition) is 4. The minimum atomic E-state index is -1.57. The smallest absolute Gasteiger partial charge is 0.336 e. The van der Waals surface area contributed by atoms with Crippen molar-refractivity contribution < 1.29 is 33.3 Å². The van der Waals surface area contributed by atoms with Gasteiger partial charge in [-0.1, -0.05) is 0 Å². The number of rotatable bonds is 6. The summed E-state index contributed by atoms with van der Waals surface area (Å²) in [5, 5.41) is 20.1. The number of carboxylic acid groups (broad SMARTS) is 1. The summed E-state index contributed by atoms with van der Waals surface area (Å²) in [5.41, 5.74) is -1.21. The quantitative estimate of drug-likeness (QED) is 0.704. The Balaban J connectivity index is 3.08. The SMILES string of the molecule is COCC(CO)NC(=O)c1cc(F)c(F)cc1C(=O)O. The first-order chi connectivity index (χ1) is 9.40. The number of carbonyl (C=O) groups excluding carboxylic acids is 1. The number of amides is 1. The Morgan fingerprint density at radius 2 is 1.85 bits per heavy atom. The molecule has 0 fully saturated rings. The number of benzene rings is 1. The van der Waals surface area contributed by atoms with Gasteiger partial charge in [-0.25, -0.2) is 13.6 Å². The van der Waals surface area contributed by atoms with Crippen molar-refractivity contribution in [2.45, 2.75) is 6.04 Å². The molecule has 1 amide bonds. The van der Waals surface area contributed by atoms with E-state index in [0.717, 1.165) is 0 Å². The molecule has 3 N–H and O–H groups in total. The highest BCUT2D eigenvalue weighted by atomic mass is 19.2. The van der Waals surface area contributed by atoms with Crippen molar-refractivity contribution in [3.8, 4) is 0 Å². The molecule has 110 valence electrons. The Kier molecular flexibility index (Phi) is 5.53. The van der Waals surface area contributed by atoms with Gasteiger partial charge >= 0.3 is 5.97 Å². The van der Waals surface area contributed by atoms with Crippen molar-refractivity contribution in [2.24, 2.45) is 0 Å². The van der Waals surface area contributed by atoms with Gasteiger partial charge in [0.2, 0.25) is 0 Å². The van der Waals surface area contributed by atoms with Gasteiger partial charge < -0.3 is 20.3 Å². The highest BCUT2D eigenvalue weighted by molar-refractivity contribution is 6.04. The van der Waals surface area contributed by atoms with Crippen LogP contribution in [0.4, 0.5) is 8.78 Å². The van der Waals surface area contributed by atoms with Crippen LogP contribution in [0.3, 0.4) is 0 Å². The van der Waals surface area contributed by atoms with E-state index in [9.17, 15) is 18.4 Å². The molecule has 0 aliphatic carbocycles. The van der Waals surface area contributed by atoms with E-state index in [0.29, 0.717) is 12.1 Å². The summed E-state index contributed by atoms with van der Waals surface area (Å²) < 4.78 is 30.9. The van der Waals surface area contributed by atoms with Gasteiger partial charge in [0.05, 0.1) is 30.4 Å². The largest absolute Gasteiger partial charge is 0.478 e. The van der Waals surface area contributed by atoms with E-state index in [1.807, 2.05) is 0 Å². The van der Waals surface area contributed by atoms with Crippen LogP contribution >= 0.6 is 0 Å². The lowest BCUT2D eigenvalue weighted by Gasteiger charge is -2.16. The molecule has 0 bridgehead atoms. The Bertz CT molecular complexity index is 521. The molecule has 1 rings (SSSR count). The van der Waals surface area contributed by atoms with Crippen molar-refractivity contribution in [1.29, 1.82) is 0 Å². The maximum absolute atomic E-state index is 13.1. The molecule has 0 aliphatic rings. The lowest BCUT2D eigenvalue weighted by atomic mass is 10.1. The number of carboxylic acids is 1. The Morgan fingerprint density at radius 3 is 2.30 bits per heavy atom. The third-order valence-corrected chi connectivity index (χ3v) is 2.46. The Morgan fingerprint density at radius 1 is 1.30 bits per heavy atom. The zero-order valence-corrected chi connectivity index (χ0v) is 10.5. The van der Waals surface area contributed by atoms with Crippen molar-refractivity contribution >= 4 is 11.9 Å². The maximum atomic E-state index is 13.1. The molecular formula is C12H13F2NO5. The van der Waals surface area contributed by atoms with Crippen molar-refractivity contribution in [1.82, 2.24) is 5.32 Å².